The summed E-state index contributed by atoms with van der Waals surface area (Å²) in [6.07, 6.45) is 1.34. The van der Waals surface area contributed by atoms with Gasteiger partial charge >= 0.3 is 8.56 Å². The zero-order valence-electron chi connectivity index (χ0n) is 11.9. The van der Waals surface area contributed by atoms with Crippen molar-refractivity contribution in [2.24, 2.45) is 0 Å². The van der Waals surface area contributed by atoms with E-state index in [4.69, 9.17) is 23.1 Å². The standard InChI is InChI=1S/C12H26O5Si/c1-5-16-11(10-18(4,13-2)14-3)6-7-15-8-12-9-17-12/h11-12H,5-10H2,1-4H3. The van der Waals surface area contributed by atoms with E-state index < -0.39 is 8.56 Å². The van der Waals surface area contributed by atoms with Gasteiger partial charge in [0.15, 0.2) is 0 Å². The molecule has 0 bridgehead atoms. The van der Waals surface area contributed by atoms with Gasteiger partial charge in [-0.25, -0.2) is 0 Å². The van der Waals surface area contributed by atoms with Gasteiger partial charge in [-0.2, -0.15) is 0 Å². The topological polar surface area (TPSA) is 49.5 Å². The largest absolute Gasteiger partial charge is 0.398 e. The molecule has 0 aromatic rings. The highest BCUT2D eigenvalue weighted by molar-refractivity contribution is 6.66. The second-order valence-corrected chi connectivity index (χ2v) is 8.13. The van der Waals surface area contributed by atoms with Crippen molar-refractivity contribution in [1.29, 1.82) is 0 Å². The number of ether oxygens (including phenoxy) is 3. The Labute approximate surface area is 111 Å². The van der Waals surface area contributed by atoms with Gasteiger partial charge in [-0.1, -0.05) is 0 Å². The van der Waals surface area contributed by atoms with Gasteiger partial charge in [-0.15, -0.1) is 0 Å². The summed E-state index contributed by atoms with van der Waals surface area (Å²) in [5.41, 5.74) is 0. The molecule has 0 aromatic carbocycles. The van der Waals surface area contributed by atoms with Crippen molar-refractivity contribution in [3.8, 4) is 0 Å². The van der Waals surface area contributed by atoms with E-state index in [-0.39, 0.29) is 6.10 Å². The predicted octanol–water partition coefficient (Wildman–Crippen LogP) is 1.56. The molecule has 0 spiro atoms. The normalized spacial score (nSPS) is 21.0. The summed E-state index contributed by atoms with van der Waals surface area (Å²) in [4.78, 5) is 0. The van der Waals surface area contributed by atoms with Crippen molar-refractivity contribution in [3.63, 3.8) is 0 Å². The van der Waals surface area contributed by atoms with E-state index in [1.807, 2.05) is 6.92 Å². The average molecular weight is 278 g/mol. The molecule has 0 radical (unpaired) electrons. The molecular weight excluding hydrogens is 252 g/mol. The van der Waals surface area contributed by atoms with Crippen molar-refractivity contribution in [1.82, 2.24) is 0 Å². The molecule has 0 aromatic heterocycles. The first-order valence-corrected chi connectivity index (χ1v) is 9.07. The van der Waals surface area contributed by atoms with Crippen LogP contribution in [0.3, 0.4) is 0 Å². The molecule has 0 aliphatic carbocycles. The Balaban J connectivity index is 2.23. The first-order valence-electron chi connectivity index (χ1n) is 6.54. The van der Waals surface area contributed by atoms with Gasteiger partial charge in [0.2, 0.25) is 0 Å². The maximum atomic E-state index is 5.73. The van der Waals surface area contributed by atoms with Crippen LogP contribution in [0.25, 0.3) is 0 Å². The van der Waals surface area contributed by atoms with Crippen LogP contribution in [0.2, 0.25) is 12.6 Å². The predicted molar refractivity (Wildman–Crippen MR) is 71.0 cm³/mol. The van der Waals surface area contributed by atoms with E-state index in [1.165, 1.54) is 0 Å². The fourth-order valence-electron chi connectivity index (χ4n) is 1.74. The summed E-state index contributed by atoms with van der Waals surface area (Å²) in [6.45, 7) is 6.99. The minimum Gasteiger partial charge on any atom is -0.398 e. The van der Waals surface area contributed by atoms with Crippen molar-refractivity contribution in [2.75, 3.05) is 40.6 Å². The average Bonchev–Trinajstić information content (AvgIpc) is 3.18. The lowest BCUT2D eigenvalue weighted by Crippen LogP contribution is -2.40. The van der Waals surface area contributed by atoms with Crippen LogP contribution in [-0.2, 0) is 23.1 Å². The minimum atomic E-state index is -2.07. The summed E-state index contributed by atoms with van der Waals surface area (Å²) in [5, 5.41) is 0. The van der Waals surface area contributed by atoms with E-state index in [9.17, 15) is 0 Å². The monoisotopic (exact) mass is 278 g/mol. The second-order valence-electron chi connectivity index (χ2n) is 4.64. The van der Waals surface area contributed by atoms with E-state index >= 15 is 0 Å². The van der Waals surface area contributed by atoms with E-state index in [2.05, 4.69) is 6.55 Å². The van der Waals surface area contributed by atoms with Gasteiger partial charge in [-0.05, 0) is 19.9 Å². The molecule has 6 heteroatoms. The third-order valence-electron chi connectivity index (χ3n) is 3.15. The smallest absolute Gasteiger partial charge is 0.337 e. The van der Waals surface area contributed by atoms with Crippen LogP contribution in [-0.4, -0.2) is 61.4 Å². The molecule has 2 atom stereocenters. The zero-order valence-corrected chi connectivity index (χ0v) is 12.9. The lowest BCUT2D eigenvalue weighted by molar-refractivity contribution is 0.0293. The van der Waals surface area contributed by atoms with Crippen molar-refractivity contribution in [3.05, 3.63) is 0 Å². The lowest BCUT2D eigenvalue weighted by atomic mass is 10.3. The third-order valence-corrected chi connectivity index (χ3v) is 6.08. The maximum Gasteiger partial charge on any atom is 0.337 e. The van der Waals surface area contributed by atoms with Gasteiger partial charge in [0.1, 0.15) is 6.10 Å². The summed E-state index contributed by atoms with van der Waals surface area (Å²) in [7, 11) is 1.34. The van der Waals surface area contributed by atoms with Crippen LogP contribution >= 0.6 is 0 Å². The molecule has 1 heterocycles. The number of rotatable bonds is 11. The van der Waals surface area contributed by atoms with Crippen LogP contribution in [0.4, 0.5) is 0 Å². The van der Waals surface area contributed by atoms with Crippen molar-refractivity contribution < 1.29 is 23.1 Å². The molecule has 1 rings (SSSR count). The Morgan fingerprint density at radius 3 is 2.50 bits per heavy atom. The van der Waals surface area contributed by atoms with Gasteiger partial charge in [0.05, 0.1) is 19.3 Å². The first-order chi connectivity index (χ1) is 8.63. The van der Waals surface area contributed by atoms with Crippen molar-refractivity contribution >= 4 is 8.56 Å². The second kappa shape index (κ2) is 8.24. The summed E-state index contributed by atoms with van der Waals surface area (Å²) in [5.74, 6) is 0. The fourth-order valence-corrected chi connectivity index (χ4v) is 3.39. The maximum absolute atomic E-state index is 5.73. The van der Waals surface area contributed by atoms with Gasteiger partial charge in [-0.3, -0.25) is 0 Å². The molecular formula is C12H26O5Si. The van der Waals surface area contributed by atoms with E-state index in [1.54, 1.807) is 14.2 Å². The number of epoxide rings is 1. The zero-order chi connectivity index (χ0) is 13.4. The lowest BCUT2D eigenvalue weighted by Gasteiger charge is -2.27. The van der Waals surface area contributed by atoms with E-state index in [0.717, 1.165) is 19.1 Å². The van der Waals surface area contributed by atoms with Crippen LogP contribution in [0, 0.1) is 0 Å². The molecule has 1 saturated heterocycles. The summed E-state index contributed by atoms with van der Waals surface area (Å²) in [6, 6.07) is 0.830. The first kappa shape index (κ1) is 16.1. The number of hydrogen-bond acceptors (Lipinski definition) is 5. The molecule has 1 aliphatic heterocycles. The minimum absolute atomic E-state index is 0.145. The molecule has 0 saturated carbocycles. The quantitative estimate of drug-likeness (QED) is 0.326. The van der Waals surface area contributed by atoms with Gasteiger partial charge in [0.25, 0.3) is 0 Å². The summed E-state index contributed by atoms with van der Waals surface area (Å²) >= 11 is 0. The highest BCUT2D eigenvalue weighted by atomic mass is 28.4. The molecule has 0 N–H and O–H groups in total. The van der Waals surface area contributed by atoms with Crippen LogP contribution in [0.1, 0.15) is 13.3 Å². The van der Waals surface area contributed by atoms with Gasteiger partial charge < -0.3 is 23.1 Å². The highest BCUT2D eigenvalue weighted by Crippen LogP contribution is 2.19. The molecule has 1 fully saturated rings. The molecule has 2 unspecified atom stereocenters. The molecule has 0 amide bonds. The Bertz CT molecular complexity index is 219. The molecule has 108 valence electrons. The Morgan fingerprint density at radius 2 is 2.00 bits per heavy atom. The van der Waals surface area contributed by atoms with Crippen LogP contribution in [0.5, 0.6) is 0 Å². The molecule has 5 nitrogen and oxygen atoms in total. The summed E-state index contributed by atoms with van der Waals surface area (Å²) < 4.78 is 27.3. The number of hydrogen-bond donors (Lipinski definition) is 0. The van der Waals surface area contributed by atoms with Gasteiger partial charge in [0, 0.05) is 33.5 Å². The molecule has 1 aliphatic rings. The molecule has 18 heavy (non-hydrogen) atoms. The Hall–Kier alpha value is 0.0169. The SMILES string of the molecule is CCOC(CCOCC1CO1)C[Si](C)(OC)OC. The fraction of sp³-hybridized carbons (Fsp3) is 1.00. The third kappa shape index (κ3) is 6.26. The van der Waals surface area contributed by atoms with Crippen molar-refractivity contribution in [2.45, 2.75) is 38.1 Å². The van der Waals surface area contributed by atoms with Crippen LogP contribution < -0.4 is 0 Å². The van der Waals surface area contributed by atoms with E-state index in [0.29, 0.717) is 25.9 Å². The van der Waals surface area contributed by atoms with Crippen LogP contribution in [0.15, 0.2) is 0 Å². The highest BCUT2D eigenvalue weighted by Gasteiger charge is 2.33. The Kier molecular flexibility index (Phi) is 7.36. The Morgan fingerprint density at radius 1 is 1.33 bits per heavy atom.